The molecule has 5 heteroatoms. The first-order valence-electron chi connectivity index (χ1n) is 6.78. The highest BCUT2D eigenvalue weighted by Crippen LogP contribution is 2.28. The van der Waals surface area contributed by atoms with E-state index in [1.807, 2.05) is 50.1 Å². The van der Waals surface area contributed by atoms with Gasteiger partial charge in [-0.1, -0.05) is 6.07 Å². The van der Waals surface area contributed by atoms with E-state index in [0.717, 1.165) is 34.4 Å². The highest BCUT2D eigenvalue weighted by atomic mass is 16.5. The van der Waals surface area contributed by atoms with Crippen LogP contribution < -0.4 is 14.4 Å². The minimum absolute atomic E-state index is 0.698. The predicted molar refractivity (Wildman–Crippen MR) is 83.2 cm³/mol. The first-order valence-corrected chi connectivity index (χ1v) is 6.78. The normalized spacial score (nSPS) is 10.3. The molecule has 5 nitrogen and oxygen atoms in total. The van der Waals surface area contributed by atoms with Crippen molar-refractivity contribution in [3.8, 4) is 11.5 Å². The summed E-state index contributed by atoms with van der Waals surface area (Å²) in [7, 11) is 5.25. The number of anilines is 1. The van der Waals surface area contributed by atoms with Crippen LogP contribution in [0, 0.1) is 13.8 Å². The van der Waals surface area contributed by atoms with Crippen LogP contribution in [0.1, 0.15) is 17.0 Å². The molecule has 1 aromatic carbocycles. The van der Waals surface area contributed by atoms with Gasteiger partial charge < -0.3 is 14.4 Å². The fourth-order valence-electron chi connectivity index (χ4n) is 2.20. The first-order chi connectivity index (χ1) is 10.0. The van der Waals surface area contributed by atoms with Crippen molar-refractivity contribution in [2.45, 2.75) is 20.4 Å². The molecule has 0 atom stereocenters. The van der Waals surface area contributed by atoms with Crippen LogP contribution in [0.4, 0.5) is 5.95 Å². The van der Waals surface area contributed by atoms with E-state index in [-0.39, 0.29) is 0 Å². The van der Waals surface area contributed by atoms with Gasteiger partial charge in [0, 0.05) is 25.0 Å². The van der Waals surface area contributed by atoms with Gasteiger partial charge in [-0.15, -0.1) is 0 Å². The quantitative estimate of drug-likeness (QED) is 0.846. The fraction of sp³-hybridized carbons (Fsp3) is 0.375. The van der Waals surface area contributed by atoms with Crippen LogP contribution >= 0.6 is 0 Å². The minimum atomic E-state index is 0.698. The fourth-order valence-corrected chi connectivity index (χ4v) is 2.20. The van der Waals surface area contributed by atoms with Crippen molar-refractivity contribution in [2.24, 2.45) is 0 Å². The molecule has 0 unspecified atom stereocenters. The third-order valence-electron chi connectivity index (χ3n) is 3.18. The molecule has 1 heterocycles. The maximum Gasteiger partial charge on any atom is 0.225 e. The summed E-state index contributed by atoms with van der Waals surface area (Å²) >= 11 is 0. The van der Waals surface area contributed by atoms with Crippen LogP contribution in [0.2, 0.25) is 0 Å². The third-order valence-corrected chi connectivity index (χ3v) is 3.18. The van der Waals surface area contributed by atoms with Gasteiger partial charge in [0.1, 0.15) is 0 Å². The van der Waals surface area contributed by atoms with Crippen molar-refractivity contribution in [3.63, 3.8) is 0 Å². The highest BCUT2D eigenvalue weighted by Gasteiger charge is 2.09. The van der Waals surface area contributed by atoms with Crippen LogP contribution in [0.3, 0.4) is 0 Å². The van der Waals surface area contributed by atoms with Gasteiger partial charge in [0.05, 0.1) is 14.2 Å². The second-order valence-corrected chi connectivity index (χ2v) is 5.00. The van der Waals surface area contributed by atoms with Crippen LogP contribution in [-0.4, -0.2) is 31.2 Å². The van der Waals surface area contributed by atoms with Crippen LogP contribution in [0.25, 0.3) is 0 Å². The summed E-state index contributed by atoms with van der Waals surface area (Å²) in [5, 5.41) is 0. The minimum Gasteiger partial charge on any atom is -0.493 e. The number of benzene rings is 1. The topological polar surface area (TPSA) is 47.5 Å². The Morgan fingerprint density at radius 1 is 0.952 bits per heavy atom. The lowest BCUT2D eigenvalue weighted by atomic mass is 10.2. The van der Waals surface area contributed by atoms with Crippen molar-refractivity contribution in [1.29, 1.82) is 0 Å². The van der Waals surface area contributed by atoms with Crippen molar-refractivity contribution < 1.29 is 9.47 Å². The molecule has 0 saturated heterocycles. The molecule has 0 aliphatic rings. The molecule has 2 aromatic rings. The molecule has 0 radical (unpaired) electrons. The second-order valence-electron chi connectivity index (χ2n) is 5.00. The van der Waals surface area contributed by atoms with Crippen molar-refractivity contribution in [2.75, 3.05) is 26.2 Å². The number of hydrogen-bond acceptors (Lipinski definition) is 5. The summed E-state index contributed by atoms with van der Waals surface area (Å²) in [6.07, 6.45) is 0. The average Bonchev–Trinajstić information content (AvgIpc) is 2.46. The SMILES string of the molecule is COc1ccc(CN(C)c2nc(C)cc(C)n2)cc1OC. The summed E-state index contributed by atoms with van der Waals surface area (Å²) < 4.78 is 10.6. The molecule has 0 N–H and O–H groups in total. The van der Waals surface area contributed by atoms with Gasteiger partial charge in [-0.25, -0.2) is 9.97 Å². The van der Waals surface area contributed by atoms with Crippen molar-refractivity contribution in [1.82, 2.24) is 9.97 Å². The Morgan fingerprint density at radius 3 is 2.14 bits per heavy atom. The molecule has 0 amide bonds. The van der Waals surface area contributed by atoms with Crippen molar-refractivity contribution >= 4 is 5.95 Å². The lowest BCUT2D eigenvalue weighted by Crippen LogP contribution is -2.19. The van der Waals surface area contributed by atoms with E-state index in [2.05, 4.69) is 9.97 Å². The van der Waals surface area contributed by atoms with E-state index in [4.69, 9.17) is 9.47 Å². The number of ether oxygens (including phenoxy) is 2. The number of nitrogens with zero attached hydrogens (tertiary/aromatic N) is 3. The van der Waals surface area contributed by atoms with Crippen LogP contribution in [0.5, 0.6) is 11.5 Å². The average molecular weight is 287 g/mol. The monoisotopic (exact) mass is 287 g/mol. The van der Waals surface area contributed by atoms with Gasteiger partial charge in [0.2, 0.25) is 5.95 Å². The zero-order valence-electron chi connectivity index (χ0n) is 13.2. The Morgan fingerprint density at radius 2 is 1.57 bits per heavy atom. The van der Waals surface area contributed by atoms with Gasteiger partial charge in [0.15, 0.2) is 11.5 Å². The molecule has 2 rings (SSSR count). The zero-order chi connectivity index (χ0) is 15.4. The summed E-state index contributed by atoms with van der Waals surface area (Å²) in [4.78, 5) is 10.9. The Balaban J connectivity index is 2.20. The smallest absolute Gasteiger partial charge is 0.225 e. The number of methoxy groups -OCH3 is 2. The number of aryl methyl sites for hydroxylation is 2. The van der Waals surface area contributed by atoms with E-state index in [1.54, 1.807) is 14.2 Å². The lowest BCUT2D eigenvalue weighted by molar-refractivity contribution is 0.354. The molecule has 0 aliphatic carbocycles. The van der Waals surface area contributed by atoms with Crippen molar-refractivity contribution in [3.05, 3.63) is 41.2 Å². The first kappa shape index (κ1) is 15.1. The number of aromatic nitrogens is 2. The van der Waals surface area contributed by atoms with Crippen LogP contribution in [-0.2, 0) is 6.54 Å². The predicted octanol–water partition coefficient (Wildman–Crippen LogP) is 2.75. The molecular formula is C16H21N3O2. The van der Waals surface area contributed by atoms with E-state index in [1.165, 1.54) is 0 Å². The summed E-state index contributed by atoms with van der Waals surface area (Å²) in [5.74, 6) is 2.18. The molecule has 21 heavy (non-hydrogen) atoms. The van der Waals surface area contributed by atoms with E-state index in [0.29, 0.717) is 6.54 Å². The van der Waals surface area contributed by atoms with Gasteiger partial charge in [-0.05, 0) is 37.6 Å². The maximum atomic E-state index is 5.33. The highest BCUT2D eigenvalue weighted by molar-refractivity contribution is 5.44. The summed E-state index contributed by atoms with van der Waals surface area (Å²) in [6, 6.07) is 7.86. The molecule has 0 bridgehead atoms. The molecule has 1 aromatic heterocycles. The zero-order valence-corrected chi connectivity index (χ0v) is 13.2. The van der Waals surface area contributed by atoms with E-state index in [9.17, 15) is 0 Å². The summed E-state index contributed by atoms with van der Waals surface area (Å²) in [5.41, 5.74) is 3.05. The standard InChI is InChI=1S/C16H21N3O2/c1-11-8-12(2)18-16(17-11)19(3)10-13-6-7-14(20-4)15(9-13)21-5/h6-9H,10H2,1-5H3. The molecule has 0 spiro atoms. The number of rotatable bonds is 5. The Bertz CT molecular complexity index is 609. The molecule has 112 valence electrons. The number of hydrogen-bond donors (Lipinski definition) is 0. The lowest BCUT2D eigenvalue weighted by Gasteiger charge is -2.18. The van der Waals surface area contributed by atoms with Gasteiger partial charge >= 0.3 is 0 Å². The molecule has 0 fully saturated rings. The van der Waals surface area contributed by atoms with Gasteiger partial charge in [0.25, 0.3) is 0 Å². The largest absolute Gasteiger partial charge is 0.493 e. The van der Waals surface area contributed by atoms with Crippen LogP contribution in [0.15, 0.2) is 24.3 Å². The third kappa shape index (κ3) is 3.62. The van der Waals surface area contributed by atoms with Gasteiger partial charge in [-0.3, -0.25) is 0 Å². The Labute approximate surface area is 125 Å². The molecule has 0 saturated carbocycles. The summed E-state index contributed by atoms with van der Waals surface area (Å²) in [6.45, 7) is 4.65. The Hall–Kier alpha value is -2.30. The van der Waals surface area contributed by atoms with E-state index < -0.39 is 0 Å². The molecule has 0 aliphatic heterocycles. The Kier molecular flexibility index (Phi) is 4.62. The second kappa shape index (κ2) is 6.43. The van der Waals surface area contributed by atoms with Gasteiger partial charge in [-0.2, -0.15) is 0 Å². The van der Waals surface area contributed by atoms with E-state index >= 15 is 0 Å². The molecular weight excluding hydrogens is 266 g/mol. The maximum absolute atomic E-state index is 5.33.